The Bertz CT molecular complexity index is 88.2. The van der Waals surface area contributed by atoms with E-state index in [-0.39, 0.29) is 0 Å². The van der Waals surface area contributed by atoms with Crippen LogP contribution in [0.4, 0.5) is 0 Å². The molecule has 0 aromatic rings. The lowest BCUT2D eigenvalue weighted by Gasteiger charge is -2.17. The molecule has 0 aliphatic rings. The Morgan fingerprint density at radius 2 is 2.09 bits per heavy atom. The molecule has 0 rings (SSSR count). The molecule has 0 aliphatic carbocycles. The summed E-state index contributed by atoms with van der Waals surface area (Å²) in [5, 5.41) is 0. The highest BCUT2D eigenvalue weighted by Crippen LogP contribution is 2.10. The maximum atomic E-state index is 5.30. The highest BCUT2D eigenvalue weighted by molar-refractivity contribution is 6.03. The van der Waals surface area contributed by atoms with Crippen LogP contribution in [-0.4, -0.2) is 26.6 Å². The van der Waals surface area contributed by atoms with Crippen LogP contribution in [0.15, 0.2) is 0 Å². The van der Waals surface area contributed by atoms with E-state index in [9.17, 15) is 0 Å². The molecule has 0 bridgehead atoms. The molecule has 0 aromatic heterocycles. The average molecular weight is 155 g/mol. The van der Waals surface area contributed by atoms with Gasteiger partial charge in [0.1, 0.15) is 0 Å². The Morgan fingerprint density at radius 1 is 1.45 bits per heavy atom. The highest BCUT2D eigenvalue weighted by atomic mass is 16.7. The van der Waals surface area contributed by atoms with Gasteiger partial charge in [0.15, 0.2) is 0 Å². The van der Waals surface area contributed by atoms with Crippen molar-refractivity contribution in [1.29, 1.82) is 0 Å². The predicted octanol–water partition coefficient (Wildman–Crippen LogP) is 1.76. The Morgan fingerprint density at radius 3 is 2.45 bits per heavy atom. The van der Waals surface area contributed by atoms with E-state index in [2.05, 4.69) is 13.8 Å². The third kappa shape index (κ3) is 6.39. The molecule has 0 amide bonds. The summed E-state index contributed by atoms with van der Waals surface area (Å²) in [4.78, 5) is 6.43. The number of hydrogen-bond acceptors (Lipinski definition) is 2. The second kappa shape index (κ2) is 6.68. The number of rotatable bonds is 6. The quantitative estimate of drug-likeness (QED) is 0.428. The van der Waals surface area contributed by atoms with Gasteiger partial charge in [0.25, 0.3) is 0 Å². The van der Waals surface area contributed by atoms with Gasteiger partial charge in [0, 0.05) is 0 Å². The summed E-state index contributed by atoms with van der Waals surface area (Å²) in [5.41, 5.74) is 0. The first kappa shape index (κ1) is 11.0. The minimum Gasteiger partial charge on any atom is -0.312 e. The van der Waals surface area contributed by atoms with Crippen molar-refractivity contribution < 1.29 is 4.84 Å². The van der Waals surface area contributed by atoms with Crippen molar-refractivity contribution in [3.05, 3.63) is 0 Å². The molecule has 0 aromatic carbocycles. The first-order valence-electron chi connectivity index (χ1n) is 4.32. The van der Waals surface area contributed by atoms with Crippen LogP contribution in [0.1, 0.15) is 33.1 Å². The van der Waals surface area contributed by atoms with Gasteiger partial charge in [-0.05, 0) is 19.4 Å². The molecule has 11 heavy (non-hydrogen) atoms. The van der Waals surface area contributed by atoms with Crippen LogP contribution >= 0.6 is 0 Å². The summed E-state index contributed by atoms with van der Waals surface area (Å²) >= 11 is 0. The summed E-state index contributed by atoms with van der Waals surface area (Å²) in [5.74, 6) is 0.658. The van der Waals surface area contributed by atoms with Crippen molar-refractivity contribution in [1.82, 2.24) is 4.97 Å². The lowest BCUT2D eigenvalue weighted by atomic mass is 10.0. The summed E-state index contributed by atoms with van der Waals surface area (Å²) in [6.45, 7) is 5.12. The Labute approximate surface area is 71.3 Å². The first-order valence-corrected chi connectivity index (χ1v) is 4.32. The van der Waals surface area contributed by atoms with Gasteiger partial charge < -0.3 is 4.84 Å². The van der Waals surface area contributed by atoms with Crippen LogP contribution in [0.5, 0.6) is 0 Å². The fourth-order valence-corrected chi connectivity index (χ4v) is 1.04. The van der Waals surface area contributed by atoms with Crippen molar-refractivity contribution in [3.63, 3.8) is 0 Å². The molecule has 1 atom stereocenters. The van der Waals surface area contributed by atoms with Crippen LogP contribution in [0.25, 0.3) is 0 Å². The van der Waals surface area contributed by atoms with Crippen molar-refractivity contribution in [2.45, 2.75) is 33.1 Å². The Kier molecular flexibility index (Phi) is 6.67. The minimum absolute atomic E-state index is 0.658. The fourth-order valence-electron chi connectivity index (χ4n) is 1.04. The van der Waals surface area contributed by atoms with Crippen LogP contribution in [-0.2, 0) is 4.84 Å². The average Bonchev–Trinajstić information content (AvgIpc) is 1.97. The first-order chi connectivity index (χ1) is 5.20. The van der Waals surface area contributed by atoms with Crippen molar-refractivity contribution >= 4 is 7.98 Å². The van der Waals surface area contributed by atoms with E-state index in [1.54, 1.807) is 7.05 Å². The van der Waals surface area contributed by atoms with E-state index in [4.69, 9.17) is 12.8 Å². The number of nitrogens with zero attached hydrogens (tertiary/aromatic N) is 1. The topological polar surface area (TPSA) is 12.5 Å². The van der Waals surface area contributed by atoms with E-state index in [0.29, 0.717) is 5.92 Å². The molecule has 0 saturated heterocycles. The monoisotopic (exact) mass is 155 g/mol. The van der Waals surface area contributed by atoms with E-state index >= 15 is 0 Å². The Balaban J connectivity index is 3.35. The van der Waals surface area contributed by atoms with E-state index < -0.39 is 0 Å². The van der Waals surface area contributed by atoms with Crippen LogP contribution in [0.2, 0.25) is 0 Å². The zero-order valence-corrected chi connectivity index (χ0v) is 7.84. The van der Waals surface area contributed by atoms with Crippen molar-refractivity contribution in [2.24, 2.45) is 5.92 Å². The predicted molar refractivity (Wildman–Crippen MR) is 48.2 cm³/mol. The molecule has 64 valence electrons. The second-order valence-electron chi connectivity index (χ2n) is 2.90. The minimum atomic E-state index is 0.658. The maximum Gasteiger partial charge on any atom is 0.223 e. The lowest BCUT2D eigenvalue weighted by Crippen LogP contribution is -2.19. The van der Waals surface area contributed by atoms with Gasteiger partial charge in [-0.1, -0.05) is 26.7 Å². The third-order valence-corrected chi connectivity index (χ3v) is 1.79. The van der Waals surface area contributed by atoms with Crippen LogP contribution in [0, 0.1) is 5.92 Å². The molecule has 0 heterocycles. The van der Waals surface area contributed by atoms with Crippen LogP contribution in [0.3, 0.4) is 0 Å². The highest BCUT2D eigenvalue weighted by Gasteiger charge is 2.04. The van der Waals surface area contributed by atoms with Gasteiger partial charge in [0.05, 0.1) is 6.61 Å². The molecular weight excluding hydrogens is 137 g/mol. The smallest absolute Gasteiger partial charge is 0.223 e. The van der Waals surface area contributed by atoms with Gasteiger partial charge in [0.2, 0.25) is 7.98 Å². The molecule has 0 fully saturated rings. The molecule has 0 aliphatic heterocycles. The standard InChI is InChI=1S/C8H18BNO/c1-4-6-8(5-2)7-11-10(3)9/h8H,4-7H2,1-3H3. The van der Waals surface area contributed by atoms with Gasteiger partial charge in [-0.15, -0.1) is 0 Å². The molecule has 0 spiro atoms. The van der Waals surface area contributed by atoms with Gasteiger partial charge in [-0.3, -0.25) is 0 Å². The molecular formula is C8H18BNO. The van der Waals surface area contributed by atoms with E-state index in [0.717, 1.165) is 6.61 Å². The SMILES string of the molecule is [B]N(C)OCC(CC)CCC. The molecule has 3 heteroatoms. The normalized spacial score (nSPS) is 13.8. The van der Waals surface area contributed by atoms with Crippen LogP contribution < -0.4 is 0 Å². The lowest BCUT2D eigenvalue weighted by molar-refractivity contribution is -0.0823. The molecule has 1 unspecified atom stereocenters. The van der Waals surface area contributed by atoms with Crippen molar-refractivity contribution in [2.75, 3.05) is 13.7 Å². The summed E-state index contributed by atoms with van der Waals surface area (Å²) in [6.07, 6.45) is 3.61. The molecule has 2 radical (unpaired) electrons. The fraction of sp³-hybridized carbons (Fsp3) is 1.00. The summed E-state index contributed by atoms with van der Waals surface area (Å²) in [6, 6.07) is 0. The van der Waals surface area contributed by atoms with Gasteiger partial charge >= 0.3 is 0 Å². The maximum absolute atomic E-state index is 5.30. The third-order valence-electron chi connectivity index (χ3n) is 1.79. The zero-order chi connectivity index (χ0) is 8.69. The summed E-state index contributed by atoms with van der Waals surface area (Å²) in [7, 11) is 7.01. The van der Waals surface area contributed by atoms with E-state index in [1.165, 1.54) is 24.2 Å². The van der Waals surface area contributed by atoms with Gasteiger partial charge in [-0.25, -0.2) is 4.97 Å². The van der Waals surface area contributed by atoms with Crippen molar-refractivity contribution in [3.8, 4) is 0 Å². The summed E-state index contributed by atoms with van der Waals surface area (Å²) < 4.78 is 0. The Hall–Kier alpha value is -0.0151. The largest absolute Gasteiger partial charge is 0.312 e. The number of hydrogen-bond donors (Lipinski definition) is 0. The van der Waals surface area contributed by atoms with Gasteiger partial charge in [-0.2, -0.15) is 0 Å². The zero-order valence-electron chi connectivity index (χ0n) is 7.84. The van der Waals surface area contributed by atoms with E-state index in [1.807, 2.05) is 0 Å². The molecule has 0 saturated carbocycles. The second-order valence-corrected chi connectivity index (χ2v) is 2.90. The number of hydroxylamine groups is 1. The molecule has 2 nitrogen and oxygen atoms in total. The molecule has 0 N–H and O–H groups in total.